The van der Waals surface area contributed by atoms with Crippen LogP contribution in [0.25, 0.3) is 6.08 Å². The number of esters is 1. The molecular weight excluding hydrogens is 336 g/mol. The Balaban J connectivity index is 1.75. The minimum Gasteiger partial charge on any atom is -0.465 e. The molecule has 1 saturated heterocycles. The molecule has 1 unspecified atom stereocenters. The summed E-state index contributed by atoms with van der Waals surface area (Å²) >= 11 is 0. The van der Waals surface area contributed by atoms with Crippen molar-refractivity contribution in [3.8, 4) is 0 Å². The number of anilines is 1. The Labute approximate surface area is 162 Å². The molecule has 4 nitrogen and oxygen atoms in total. The van der Waals surface area contributed by atoms with Gasteiger partial charge in [-0.1, -0.05) is 42.5 Å². The van der Waals surface area contributed by atoms with Crippen LogP contribution >= 0.6 is 0 Å². The molecule has 1 heterocycles. The van der Waals surface area contributed by atoms with Crippen LogP contribution in [-0.2, 0) is 11.3 Å². The molecule has 0 saturated carbocycles. The number of rotatable bonds is 5. The Kier molecular flexibility index (Phi) is 6.30. The van der Waals surface area contributed by atoms with Crippen LogP contribution < -0.4 is 4.90 Å². The molecular formula is C23H28N2O2. The van der Waals surface area contributed by atoms with E-state index in [1.807, 2.05) is 31.2 Å². The van der Waals surface area contributed by atoms with E-state index in [-0.39, 0.29) is 5.97 Å². The summed E-state index contributed by atoms with van der Waals surface area (Å²) in [5.41, 5.74) is 4.18. The summed E-state index contributed by atoms with van der Waals surface area (Å²) in [6.07, 6.45) is 4.07. The Bertz CT molecular complexity index is 801. The van der Waals surface area contributed by atoms with Crippen molar-refractivity contribution in [1.82, 2.24) is 4.90 Å². The molecule has 0 amide bonds. The molecule has 0 N–H and O–H groups in total. The van der Waals surface area contributed by atoms with Gasteiger partial charge in [0.1, 0.15) is 0 Å². The molecule has 1 aliphatic rings. The van der Waals surface area contributed by atoms with Crippen LogP contribution in [0.1, 0.15) is 35.3 Å². The summed E-state index contributed by atoms with van der Waals surface area (Å²) < 4.78 is 4.86. The van der Waals surface area contributed by atoms with Gasteiger partial charge in [-0.25, -0.2) is 4.79 Å². The van der Waals surface area contributed by atoms with Crippen LogP contribution in [-0.4, -0.2) is 43.7 Å². The normalized spacial score (nSPS) is 18.0. The number of methoxy groups -OCH3 is 1. The van der Waals surface area contributed by atoms with E-state index in [1.165, 1.54) is 18.4 Å². The third kappa shape index (κ3) is 4.58. The van der Waals surface area contributed by atoms with Gasteiger partial charge in [-0.05, 0) is 43.2 Å². The van der Waals surface area contributed by atoms with E-state index in [0.717, 1.165) is 31.7 Å². The van der Waals surface area contributed by atoms with Gasteiger partial charge in [0.25, 0.3) is 0 Å². The fourth-order valence-electron chi connectivity index (χ4n) is 3.67. The molecule has 0 radical (unpaired) electrons. The van der Waals surface area contributed by atoms with Gasteiger partial charge in [0.05, 0.1) is 12.7 Å². The lowest BCUT2D eigenvalue weighted by Gasteiger charge is -2.41. The SMILES string of the molecule is CC=Cc1cc(C(=O)OC)ccc1N1CCN(Cc2ccccc2)C(C)C1. The second-order valence-corrected chi connectivity index (χ2v) is 7.02. The molecule has 0 aliphatic carbocycles. The third-order valence-corrected chi connectivity index (χ3v) is 5.13. The van der Waals surface area contributed by atoms with Crippen LogP contribution in [0.4, 0.5) is 5.69 Å². The van der Waals surface area contributed by atoms with Crippen molar-refractivity contribution in [3.05, 3.63) is 71.3 Å². The molecule has 1 aliphatic heterocycles. The molecule has 2 aromatic carbocycles. The average Bonchev–Trinajstić information content (AvgIpc) is 2.70. The Hall–Kier alpha value is -2.59. The molecule has 3 rings (SSSR count). The molecule has 0 spiro atoms. The lowest BCUT2D eigenvalue weighted by molar-refractivity contribution is 0.0600. The zero-order valence-corrected chi connectivity index (χ0v) is 16.4. The zero-order chi connectivity index (χ0) is 19.2. The molecule has 1 atom stereocenters. The first-order valence-corrected chi connectivity index (χ1v) is 9.50. The third-order valence-electron chi connectivity index (χ3n) is 5.13. The largest absolute Gasteiger partial charge is 0.465 e. The van der Waals surface area contributed by atoms with Crippen molar-refractivity contribution in [3.63, 3.8) is 0 Å². The van der Waals surface area contributed by atoms with Crippen LogP contribution in [0.2, 0.25) is 0 Å². The van der Waals surface area contributed by atoms with E-state index in [4.69, 9.17) is 4.74 Å². The van der Waals surface area contributed by atoms with Crippen molar-refractivity contribution in [2.45, 2.75) is 26.4 Å². The van der Waals surface area contributed by atoms with Gasteiger partial charge < -0.3 is 9.64 Å². The van der Waals surface area contributed by atoms with E-state index in [0.29, 0.717) is 11.6 Å². The Morgan fingerprint density at radius 3 is 2.63 bits per heavy atom. The van der Waals surface area contributed by atoms with E-state index >= 15 is 0 Å². The van der Waals surface area contributed by atoms with E-state index in [1.54, 1.807) is 0 Å². The quantitative estimate of drug-likeness (QED) is 0.744. The molecule has 1 fully saturated rings. The van der Waals surface area contributed by atoms with Crippen LogP contribution in [0.15, 0.2) is 54.6 Å². The monoisotopic (exact) mass is 364 g/mol. The number of ether oxygens (including phenoxy) is 1. The Morgan fingerprint density at radius 2 is 1.96 bits per heavy atom. The highest BCUT2D eigenvalue weighted by Crippen LogP contribution is 2.27. The predicted octanol–water partition coefficient (Wildman–Crippen LogP) is 4.22. The van der Waals surface area contributed by atoms with E-state index in [2.05, 4.69) is 53.1 Å². The second-order valence-electron chi connectivity index (χ2n) is 7.02. The molecule has 27 heavy (non-hydrogen) atoms. The number of benzene rings is 2. The molecule has 0 aromatic heterocycles. The lowest BCUT2D eigenvalue weighted by Crippen LogP contribution is -2.51. The maximum Gasteiger partial charge on any atom is 0.337 e. The van der Waals surface area contributed by atoms with E-state index < -0.39 is 0 Å². The van der Waals surface area contributed by atoms with Crippen LogP contribution in [0, 0.1) is 0 Å². The minimum atomic E-state index is -0.298. The summed E-state index contributed by atoms with van der Waals surface area (Å²) in [5, 5.41) is 0. The van der Waals surface area contributed by atoms with Gasteiger partial charge in [-0.2, -0.15) is 0 Å². The highest BCUT2D eigenvalue weighted by Gasteiger charge is 2.25. The predicted molar refractivity (Wildman–Crippen MR) is 111 cm³/mol. The smallest absolute Gasteiger partial charge is 0.337 e. The van der Waals surface area contributed by atoms with Crippen molar-refractivity contribution >= 4 is 17.7 Å². The van der Waals surface area contributed by atoms with Gasteiger partial charge in [-0.3, -0.25) is 4.90 Å². The van der Waals surface area contributed by atoms with Gasteiger partial charge in [0.2, 0.25) is 0 Å². The van der Waals surface area contributed by atoms with Gasteiger partial charge in [0, 0.05) is 37.9 Å². The fourth-order valence-corrected chi connectivity index (χ4v) is 3.67. The Morgan fingerprint density at radius 1 is 1.19 bits per heavy atom. The maximum atomic E-state index is 11.9. The minimum absolute atomic E-state index is 0.298. The standard InChI is InChI=1S/C23H28N2O2/c1-4-8-20-15-21(23(26)27-3)11-12-22(20)25-14-13-24(18(2)16-25)17-19-9-6-5-7-10-19/h4-12,15,18H,13-14,16-17H2,1-3H3. The maximum absolute atomic E-state index is 11.9. The van der Waals surface area contributed by atoms with Crippen molar-refractivity contribution < 1.29 is 9.53 Å². The van der Waals surface area contributed by atoms with Crippen molar-refractivity contribution in [2.75, 3.05) is 31.6 Å². The fraction of sp³-hybridized carbons (Fsp3) is 0.348. The van der Waals surface area contributed by atoms with Gasteiger partial charge >= 0.3 is 5.97 Å². The van der Waals surface area contributed by atoms with Gasteiger partial charge in [0.15, 0.2) is 0 Å². The molecule has 0 bridgehead atoms. The molecule has 142 valence electrons. The van der Waals surface area contributed by atoms with E-state index in [9.17, 15) is 4.79 Å². The van der Waals surface area contributed by atoms with Crippen LogP contribution in [0.3, 0.4) is 0 Å². The number of piperazine rings is 1. The average molecular weight is 364 g/mol. The number of hydrogen-bond donors (Lipinski definition) is 0. The molecule has 4 heteroatoms. The number of hydrogen-bond acceptors (Lipinski definition) is 4. The summed E-state index contributed by atoms with van der Waals surface area (Å²) in [6.45, 7) is 8.22. The highest BCUT2D eigenvalue weighted by atomic mass is 16.5. The first-order valence-electron chi connectivity index (χ1n) is 9.50. The summed E-state index contributed by atoms with van der Waals surface area (Å²) in [7, 11) is 1.42. The number of carbonyl (C=O) groups is 1. The number of nitrogens with zero attached hydrogens (tertiary/aromatic N) is 2. The number of carbonyl (C=O) groups excluding carboxylic acids is 1. The summed E-state index contributed by atoms with van der Waals surface area (Å²) in [6, 6.07) is 16.9. The number of allylic oxidation sites excluding steroid dienone is 1. The van der Waals surface area contributed by atoms with Crippen molar-refractivity contribution in [1.29, 1.82) is 0 Å². The summed E-state index contributed by atoms with van der Waals surface area (Å²) in [4.78, 5) is 16.8. The highest BCUT2D eigenvalue weighted by molar-refractivity contribution is 5.91. The zero-order valence-electron chi connectivity index (χ0n) is 16.4. The second kappa shape index (κ2) is 8.87. The molecule has 2 aromatic rings. The summed E-state index contributed by atoms with van der Waals surface area (Å²) in [5.74, 6) is -0.298. The first kappa shape index (κ1) is 19.2. The van der Waals surface area contributed by atoms with Crippen molar-refractivity contribution in [2.24, 2.45) is 0 Å². The van der Waals surface area contributed by atoms with Crippen LogP contribution in [0.5, 0.6) is 0 Å². The topological polar surface area (TPSA) is 32.8 Å². The first-order chi connectivity index (χ1) is 13.1. The van der Waals surface area contributed by atoms with Gasteiger partial charge in [-0.15, -0.1) is 0 Å². The lowest BCUT2D eigenvalue weighted by atomic mass is 10.0.